The second-order valence-corrected chi connectivity index (χ2v) is 4.58. The van der Waals surface area contributed by atoms with Crippen LogP contribution in [0.1, 0.15) is 10.7 Å². The Morgan fingerprint density at radius 3 is 2.82 bits per heavy atom. The van der Waals surface area contributed by atoms with Crippen LogP contribution in [0.3, 0.4) is 0 Å². The van der Waals surface area contributed by atoms with Crippen molar-refractivity contribution >= 4 is 34.8 Å². The number of amides is 1. The van der Waals surface area contributed by atoms with Crippen molar-refractivity contribution < 1.29 is 14.3 Å². The summed E-state index contributed by atoms with van der Waals surface area (Å²) in [5.41, 5.74) is 0.759. The van der Waals surface area contributed by atoms with Crippen LogP contribution in [0.15, 0.2) is 5.38 Å². The van der Waals surface area contributed by atoms with Gasteiger partial charge in [0.15, 0.2) is 0 Å². The van der Waals surface area contributed by atoms with Gasteiger partial charge in [-0.15, -0.1) is 22.9 Å². The number of likely N-dealkylation sites (N-methyl/N-ethyl adjacent to an activating group) is 1. The number of carbonyl (C=O) groups is 2. The van der Waals surface area contributed by atoms with E-state index in [1.807, 2.05) is 5.38 Å². The van der Waals surface area contributed by atoms with Gasteiger partial charge in [-0.1, -0.05) is 0 Å². The number of nitrogens with zero attached hydrogens (tertiary/aromatic N) is 2. The second-order valence-electron chi connectivity index (χ2n) is 3.37. The van der Waals surface area contributed by atoms with Crippen LogP contribution < -0.4 is 0 Å². The van der Waals surface area contributed by atoms with Crippen molar-refractivity contribution in [3.8, 4) is 0 Å². The highest BCUT2D eigenvalue weighted by Gasteiger charge is 2.15. The summed E-state index contributed by atoms with van der Waals surface area (Å²) in [4.78, 5) is 28.2. The highest BCUT2D eigenvalue weighted by Crippen LogP contribution is 2.12. The largest absolute Gasteiger partial charge is 0.468 e. The smallest absolute Gasteiger partial charge is 0.325 e. The molecule has 1 heterocycles. The molecule has 0 aliphatic heterocycles. The number of aromatic nitrogens is 1. The van der Waals surface area contributed by atoms with E-state index in [9.17, 15) is 9.59 Å². The Morgan fingerprint density at radius 1 is 1.59 bits per heavy atom. The van der Waals surface area contributed by atoms with Gasteiger partial charge in [-0.3, -0.25) is 9.59 Å². The molecule has 0 saturated carbocycles. The number of carbonyl (C=O) groups excluding carboxylic acids is 2. The van der Waals surface area contributed by atoms with Gasteiger partial charge in [0.05, 0.1) is 25.1 Å². The number of thiazole rings is 1. The van der Waals surface area contributed by atoms with E-state index < -0.39 is 5.97 Å². The summed E-state index contributed by atoms with van der Waals surface area (Å²) in [6.07, 6.45) is 0.176. The van der Waals surface area contributed by atoms with Crippen LogP contribution in [0.4, 0.5) is 0 Å². The number of hydrogen-bond acceptors (Lipinski definition) is 5. The molecule has 0 aliphatic carbocycles. The molecule has 1 amide bonds. The van der Waals surface area contributed by atoms with Crippen LogP contribution in [-0.4, -0.2) is 42.5 Å². The Morgan fingerprint density at radius 2 is 2.29 bits per heavy atom. The highest BCUT2D eigenvalue weighted by atomic mass is 35.5. The number of hydrogen-bond donors (Lipinski definition) is 0. The van der Waals surface area contributed by atoms with E-state index in [-0.39, 0.29) is 18.9 Å². The molecular weight excluding hydrogens is 264 g/mol. The normalized spacial score (nSPS) is 10.1. The number of esters is 1. The summed E-state index contributed by atoms with van der Waals surface area (Å²) < 4.78 is 4.48. The number of ether oxygens (including phenoxy) is 1. The van der Waals surface area contributed by atoms with Crippen LogP contribution in [-0.2, 0) is 26.6 Å². The Kier molecular flexibility index (Phi) is 5.37. The van der Waals surface area contributed by atoms with E-state index in [0.717, 1.165) is 5.69 Å². The van der Waals surface area contributed by atoms with Crippen molar-refractivity contribution in [1.82, 2.24) is 9.88 Å². The predicted octanol–water partition coefficient (Wildman–Crippen LogP) is 1.06. The molecule has 1 rings (SSSR count). The van der Waals surface area contributed by atoms with Crippen molar-refractivity contribution in [2.45, 2.75) is 12.3 Å². The minimum atomic E-state index is -0.443. The Hall–Kier alpha value is -1.14. The molecule has 1 aromatic rings. The molecule has 0 aromatic carbocycles. The fourth-order valence-corrected chi connectivity index (χ4v) is 2.12. The van der Waals surface area contributed by atoms with E-state index in [1.54, 1.807) is 7.05 Å². The molecule has 7 heteroatoms. The third kappa shape index (κ3) is 4.32. The molecule has 0 saturated heterocycles. The molecule has 0 fully saturated rings. The second kappa shape index (κ2) is 6.56. The molecule has 0 bridgehead atoms. The van der Waals surface area contributed by atoms with E-state index in [2.05, 4.69) is 9.72 Å². The van der Waals surface area contributed by atoms with Gasteiger partial charge in [0.25, 0.3) is 0 Å². The maximum atomic E-state index is 11.7. The minimum Gasteiger partial charge on any atom is -0.468 e. The minimum absolute atomic E-state index is 0.0525. The Balaban J connectivity index is 2.50. The summed E-state index contributed by atoms with van der Waals surface area (Å²) in [6.45, 7) is -0.0525. The van der Waals surface area contributed by atoms with Gasteiger partial charge in [0, 0.05) is 12.4 Å². The van der Waals surface area contributed by atoms with Crippen LogP contribution >= 0.6 is 22.9 Å². The predicted molar refractivity (Wildman–Crippen MR) is 65.0 cm³/mol. The van der Waals surface area contributed by atoms with Crippen molar-refractivity contribution in [1.29, 1.82) is 0 Å². The first kappa shape index (κ1) is 13.9. The number of rotatable bonds is 5. The van der Waals surface area contributed by atoms with Crippen molar-refractivity contribution in [2.75, 3.05) is 20.7 Å². The standard InChI is InChI=1S/C10H13ClN2O3S/c1-13(5-10(15)16-2)9(14)3-8-12-7(4-11)6-17-8/h6H,3-5H2,1-2H3. The summed E-state index contributed by atoms with van der Waals surface area (Å²) in [6, 6.07) is 0. The number of halogens is 1. The summed E-state index contributed by atoms with van der Waals surface area (Å²) in [5, 5.41) is 2.51. The zero-order valence-corrected chi connectivity index (χ0v) is 11.2. The van der Waals surface area contributed by atoms with E-state index in [0.29, 0.717) is 10.9 Å². The fraction of sp³-hybridized carbons (Fsp3) is 0.500. The van der Waals surface area contributed by atoms with E-state index >= 15 is 0 Å². The van der Waals surface area contributed by atoms with Crippen molar-refractivity contribution in [3.05, 3.63) is 16.1 Å². The maximum absolute atomic E-state index is 11.7. The first-order chi connectivity index (χ1) is 8.06. The Labute approximate surface area is 108 Å². The summed E-state index contributed by atoms with van der Waals surface area (Å²) in [7, 11) is 2.84. The van der Waals surface area contributed by atoms with Gasteiger partial charge in [-0.05, 0) is 0 Å². The molecular formula is C10H13ClN2O3S. The van der Waals surface area contributed by atoms with Gasteiger partial charge >= 0.3 is 5.97 Å². The summed E-state index contributed by atoms with van der Waals surface area (Å²) in [5.74, 6) is -0.282. The van der Waals surface area contributed by atoms with Gasteiger partial charge < -0.3 is 9.64 Å². The van der Waals surface area contributed by atoms with Crippen molar-refractivity contribution in [2.24, 2.45) is 0 Å². The fourth-order valence-electron chi connectivity index (χ4n) is 1.10. The van der Waals surface area contributed by atoms with Crippen LogP contribution in [0.5, 0.6) is 0 Å². The van der Waals surface area contributed by atoms with Gasteiger partial charge in [0.2, 0.25) is 5.91 Å². The topological polar surface area (TPSA) is 59.5 Å². The van der Waals surface area contributed by atoms with Crippen LogP contribution in [0, 0.1) is 0 Å². The first-order valence-electron chi connectivity index (χ1n) is 4.86. The van der Waals surface area contributed by atoms with Gasteiger partial charge in [-0.2, -0.15) is 0 Å². The molecule has 94 valence electrons. The molecule has 1 aromatic heterocycles. The zero-order chi connectivity index (χ0) is 12.8. The summed E-state index contributed by atoms with van der Waals surface area (Å²) >= 11 is 7.00. The molecule has 0 unspecified atom stereocenters. The maximum Gasteiger partial charge on any atom is 0.325 e. The number of alkyl halides is 1. The average Bonchev–Trinajstić information content (AvgIpc) is 2.76. The third-order valence-electron chi connectivity index (χ3n) is 2.06. The average molecular weight is 277 g/mol. The van der Waals surface area contributed by atoms with Crippen LogP contribution in [0.2, 0.25) is 0 Å². The van der Waals surface area contributed by atoms with Crippen molar-refractivity contribution in [3.63, 3.8) is 0 Å². The molecule has 0 N–H and O–H groups in total. The lowest BCUT2D eigenvalue weighted by Gasteiger charge is -2.14. The van der Waals surface area contributed by atoms with Gasteiger partial charge in [0.1, 0.15) is 11.6 Å². The van der Waals surface area contributed by atoms with Crippen LogP contribution in [0.25, 0.3) is 0 Å². The van der Waals surface area contributed by atoms with E-state index in [1.165, 1.54) is 23.3 Å². The van der Waals surface area contributed by atoms with Gasteiger partial charge in [-0.25, -0.2) is 4.98 Å². The lowest BCUT2D eigenvalue weighted by atomic mass is 10.4. The van der Waals surface area contributed by atoms with E-state index in [4.69, 9.17) is 11.6 Å². The number of methoxy groups -OCH3 is 1. The SMILES string of the molecule is COC(=O)CN(C)C(=O)Cc1nc(CCl)cs1. The third-order valence-corrected chi connectivity index (χ3v) is 3.23. The Bertz CT molecular complexity index is 408. The molecule has 0 spiro atoms. The first-order valence-corrected chi connectivity index (χ1v) is 6.28. The highest BCUT2D eigenvalue weighted by molar-refractivity contribution is 7.09. The molecule has 0 aliphatic rings. The lowest BCUT2D eigenvalue weighted by Crippen LogP contribution is -2.33. The monoisotopic (exact) mass is 276 g/mol. The zero-order valence-electron chi connectivity index (χ0n) is 9.60. The molecule has 17 heavy (non-hydrogen) atoms. The molecule has 5 nitrogen and oxygen atoms in total. The molecule has 0 radical (unpaired) electrons. The lowest BCUT2D eigenvalue weighted by molar-refractivity contribution is -0.145. The quantitative estimate of drug-likeness (QED) is 0.596. The molecule has 0 atom stereocenters.